The van der Waals surface area contributed by atoms with Gasteiger partial charge in [0.2, 0.25) is 0 Å². The number of nitrogens with zero attached hydrogens (tertiary/aromatic N) is 1. The van der Waals surface area contributed by atoms with E-state index in [0.29, 0.717) is 28.7 Å². The van der Waals surface area contributed by atoms with Gasteiger partial charge in [-0.25, -0.2) is 5.43 Å². The van der Waals surface area contributed by atoms with Crippen LogP contribution in [0.4, 0.5) is 0 Å². The molecule has 0 heterocycles. The summed E-state index contributed by atoms with van der Waals surface area (Å²) in [5.41, 5.74) is 4.10. The van der Waals surface area contributed by atoms with Crippen molar-refractivity contribution in [3.63, 3.8) is 0 Å². The average molecular weight is 528 g/mol. The van der Waals surface area contributed by atoms with Gasteiger partial charge in [-0.3, -0.25) is 9.59 Å². The van der Waals surface area contributed by atoms with Crippen molar-refractivity contribution in [2.24, 2.45) is 5.10 Å². The second-order valence-electron chi connectivity index (χ2n) is 7.79. The number of rotatable bonds is 11. The molecule has 2 amide bonds. The van der Waals surface area contributed by atoms with Gasteiger partial charge in [0.1, 0.15) is 17.5 Å². The number of amides is 2. The van der Waals surface area contributed by atoms with Gasteiger partial charge in [-0.2, -0.15) is 5.10 Å². The number of carbonyl (C=O) groups is 2. The molecule has 0 fully saturated rings. The van der Waals surface area contributed by atoms with Gasteiger partial charge in [-0.1, -0.05) is 65.7 Å². The maximum atomic E-state index is 13.0. The van der Waals surface area contributed by atoms with Gasteiger partial charge in [0, 0.05) is 17.0 Å². The first-order chi connectivity index (χ1) is 17.4. The summed E-state index contributed by atoms with van der Waals surface area (Å²) in [7, 11) is 0. The maximum absolute atomic E-state index is 13.0. The fourth-order valence-electron chi connectivity index (χ4n) is 3.28. The standard InChI is InChI=1S/C27H27Cl2N3O4/c1-3-35-24-12-8-7-11-20(24)17-30-32-27(34)23(15-19-9-5-4-6-10-19)31-26(33)18(2)36-25-14-13-21(28)16-22(25)29/h4-14,16-18,23H,3,15H2,1-2H3,(H,31,33)(H,32,34)/b30-17-/t18-,23+/m0/s1. The molecular weight excluding hydrogens is 501 g/mol. The lowest BCUT2D eigenvalue weighted by Gasteiger charge is -2.21. The highest BCUT2D eigenvalue weighted by Crippen LogP contribution is 2.28. The second kappa shape index (κ2) is 13.5. The van der Waals surface area contributed by atoms with Crippen LogP contribution in [0.3, 0.4) is 0 Å². The Morgan fingerprint density at radius 1 is 0.972 bits per heavy atom. The van der Waals surface area contributed by atoms with E-state index < -0.39 is 24.0 Å². The summed E-state index contributed by atoms with van der Waals surface area (Å²) >= 11 is 12.1. The topological polar surface area (TPSA) is 89.0 Å². The van der Waals surface area contributed by atoms with Crippen LogP contribution in [0, 0.1) is 0 Å². The first-order valence-corrected chi connectivity index (χ1v) is 12.1. The summed E-state index contributed by atoms with van der Waals surface area (Å²) in [6, 6.07) is 20.5. The third-order valence-electron chi connectivity index (χ3n) is 5.08. The molecule has 7 nitrogen and oxygen atoms in total. The Hall–Kier alpha value is -3.55. The molecule has 2 N–H and O–H groups in total. The van der Waals surface area contributed by atoms with Crippen LogP contribution in [-0.2, 0) is 16.0 Å². The number of hydrogen-bond donors (Lipinski definition) is 2. The quantitative estimate of drug-likeness (QED) is 0.270. The van der Waals surface area contributed by atoms with Crippen LogP contribution in [0.15, 0.2) is 77.9 Å². The zero-order valence-electron chi connectivity index (χ0n) is 19.9. The van der Waals surface area contributed by atoms with Crippen molar-refractivity contribution >= 4 is 41.2 Å². The van der Waals surface area contributed by atoms with Gasteiger partial charge in [-0.15, -0.1) is 0 Å². The van der Waals surface area contributed by atoms with Crippen molar-refractivity contribution in [1.82, 2.24) is 10.7 Å². The zero-order chi connectivity index (χ0) is 25.9. The van der Waals surface area contributed by atoms with Crippen molar-refractivity contribution in [1.29, 1.82) is 0 Å². The normalized spacial score (nSPS) is 12.6. The molecule has 0 bridgehead atoms. The highest BCUT2D eigenvalue weighted by molar-refractivity contribution is 6.35. The summed E-state index contributed by atoms with van der Waals surface area (Å²) in [5.74, 6) is 0.00107. The summed E-state index contributed by atoms with van der Waals surface area (Å²) in [6.07, 6.45) is 0.840. The number of benzene rings is 3. The van der Waals surface area contributed by atoms with Crippen LogP contribution >= 0.6 is 23.2 Å². The lowest BCUT2D eigenvalue weighted by molar-refractivity contribution is -0.132. The van der Waals surface area contributed by atoms with Crippen molar-refractivity contribution in [3.8, 4) is 11.5 Å². The molecule has 0 aromatic heterocycles. The predicted octanol–water partition coefficient (Wildman–Crippen LogP) is 5.04. The number of carbonyl (C=O) groups excluding carboxylic acids is 2. The Morgan fingerprint density at radius 3 is 2.42 bits per heavy atom. The highest BCUT2D eigenvalue weighted by Gasteiger charge is 2.25. The molecule has 0 aliphatic heterocycles. The molecule has 0 radical (unpaired) electrons. The number of halogens is 2. The monoisotopic (exact) mass is 527 g/mol. The Labute approximate surface area is 220 Å². The van der Waals surface area contributed by atoms with Crippen LogP contribution in [0.5, 0.6) is 11.5 Å². The van der Waals surface area contributed by atoms with E-state index in [1.54, 1.807) is 19.1 Å². The van der Waals surface area contributed by atoms with Crippen LogP contribution in [0.25, 0.3) is 0 Å². The Morgan fingerprint density at radius 2 is 1.69 bits per heavy atom. The van der Waals surface area contributed by atoms with E-state index in [9.17, 15) is 9.59 Å². The first kappa shape index (κ1) is 27.0. The fourth-order valence-corrected chi connectivity index (χ4v) is 3.73. The summed E-state index contributed by atoms with van der Waals surface area (Å²) < 4.78 is 11.3. The molecule has 188 valence electrons. The zero-order valence-corrected chi connectivity index (χ0v) is 21.4. The van der Waals surface area contributed by atoms with Gasteiger partial charge < -0.3 is 14.8 Å². The smallest absolute Gasteiger partial charge is 0.262 e. The number of para-hydroxylation sites is 1. The average Bonchev–Trinajstić information content (AvgIpc) is 2.87. The molecule has 0 saturated carbocycles. The number of hydrogen-bond acceptors (Lipinski definition) is 5. The lowest BCUT2D eigenvalue weighted by Crippen LogP contribution is -2.50. The molecule has 9 heteroatoms. The molecule has 3 aromatic carbocycles. The molecule has 2 atom stereocenters. The number of ether oxygens (including phenoxy) is 2. The van der Waals surface area contributed by atoms with E-state index in [1.807, 2.05) is 61.5 Å². The molecule has 36 heavy (non-hydrogen) atoms. The van der Waals surface area contributed by atoms with E-state index >= 15 is 0 Å². The highest BCUT2D eigenvalue weighted by atomic mass is 35.5. The second-order valence-corrected chi connectivity index (χ2v) is 8.63. The minimum atomic E-state index is -0.920. The minimum Gasteiger partial charge on any atom is -0.493 e. The largest absolute Gasteiger partial charge is 0.493 e. The van der Waals surface area contributed by atoms with Gasteiger partial charge >= 0.3 is 0 Å². The van der Waals surface area contributed by atoms with E-state index in [0.717, 1.165) is 5.56 Å². The minimum absolute atomic E-state index is 0.262. The van der Waals surface area contributed by atoms with Gasteiger partial charge in [0.15, 0.2) is 6.10 Å². The van der Waals surface area contributed by atoms with Crippen LogP contribution < -0.4 is 20.2 Å². The van der Waals surface area contributed by atoms with Crippen molar-refractivity contribution < 1.29 is 19.1 Å². The van der Waals surface area contributed by atoms with Gasteiger partial charge in [0.25, 0.3) is 11.8 Å². The molecule has 3 aromatic rings. The van der Waals surface area contributed by atoms with E-state index in [1.165, 1.54) is 12.3 Å². The van der Waals surface area contributed by atoms with Crippen LogP contribution in [0.1, 0.15) is 25.0 Å². The number of hydrazone groups is 1. The third-order valence-corrected chi connectivity index (χ3v) is 5.61. The van der Waals surface area contributed by atoms with Gasteiger partial charge in [0.05, 0.1) is 17.8 Å². The number of nitrogens with one attached hydrogen (secondary N) is 2. The third kappa shape index (κ3) is 8.00. The summed E-state index contributed by atoms with van der Waals surface area (Å²) in [6.45, 7) is 3.96. The van der Waals surface area contributed by atoms with Crippen molar-refractivity contribution in [2.45, 2.75) is 32.4 Å². The van der Waals surface area contributed by atoms with Gasteiger partial charge in [-0.05, 0) is 49.7 Å². The fraction of sp³-hybridized carbons (Fsp3) is 0.222. The molecule has 0 aliphatic carbocycles. The molecule has 3 rings (SSSR count). The van der Waals surface area contributed by atoms with E-state index in [-0.39, 0.29) is 11.4 Å². The molecular formula is C27H27Cl2N3O4. The Kier molecular flexibility index (Phi) is 10.2. The van der Waals surface area contributed by atoms with Crippen molar-refractivity contribution in [3.05, 3.63) is 94.0 Å². The Bertz CT molecular complexity index is 1200. The molecule has 0 saturated heterocycles. The molecule has 0 unspecified atom stereocenters. The lowest BCUT2D eigenvalue weighted by atomic mass is 10.1. The summed E-state index contributed by atoms with van der Waals surface area (Å²) in [4.78, 5) is 25.9. The molecule has 0 spiro atoms. The van der Waals surface area contributed by atoms with E-state index in [2.05, 4.69) is 15.8 Å². The van der Waals surface area contributed by atoms with Crippen molar-refractivity contribution in [2.75, 3.05) is 6.61 Å². The predicted molar refractivity (Wildman–Crippen MR) is 142 cm³/mol. The first-order valence-electron chi connectivity index (χ1n) is 11.4. The molecule has 0 aliphatic rings. The van der Waals surface area contributed by atoms with Crippen LogP contribution in [0.2, 0.25) is 10.0 Å². The maximum Gasteiger partial charge on any atom is 0.262 e. The Balaban J connectivity index is 1.70. The van der Waals surface area contributed by atoms with E-state index in [4.69, 9.17) is 32.7 Å². The summed E-state index contributed by atoms with van der Waals surface area (Å²) in [5, 5.41) is 7.55. The van der Waals surface area contributed by atoms with Crippen LogP contribution in [-0.4, -0.2) is 36.8 Å². The SMILES string of the molecule is CCOc1ccccc1/C=N\NC(=O)[C@@H](Cc1ccccc1)NC(=O)[C@H](C)Oc1ccc(Cl)cc1Cl.